The summed E-state index contributed by atoms with van der Waals surface area (Å²) in [5.74, 6) is -0.266. The maximum absolute atomic E-state index is 11.6. The zero-order valence-corrected chi connectivity index (χ0v) is 8.63. The zero-order valence-electron chi connectivity index (χ0n) is 8.63. The average molecular weight is 210 g/mol. The number of hydrogen-bond donors (Lipinski definition) is 0. The van der Waals surface area contributed by atoms with E-state index in [2.05, 4.69) is 12.6 Å². The maximum Gasteiger partial charge on any atom is 0.251 e. The number of hydrogen-bond acceptors (Lipinski definition) is 2. The van der Waals surface area contributed by atoms with Crippen LogP contribution in [0.1, 0.15) is 17.2 Å². The van der Waals surface area contributed by atoms with E-state index in [1.807, 2.05) is 30.3 Å². The van der Waals surface area contributed by atoms with E-state index < -0.39 is 6.04 Å². The van der Waals surface area contributed by atoms with Gasteiger partial charge in [-0.25, -0.2) is 0 Å². The van der Waals surface area contributed by atoms with Crippen LogP contribution in [-0.4, -0.2) is 10.8 Å². The van der Waals surface area contributed by atoms with Gasteiger partial charge < -0.3 is 0 Å². The molecule has 0 unspecified atom stereocenters. The van der Waals surface area contributed by atoms with Crippen LogP contribution in [0.5, 0.6) is 0 Å². The molecule has 0 N–H and O–H groups in total. The summed E-state index contributed by atoms with van der Waals surface area (Å²) in [5, 5.41) is 9.14. The lowest BCUT2D eigenvalue weighted by Gasteiger charge is -2.27. The van der Waals surface area contributed by atoms with Crippen molar-refractivity contribution in [1.29, 1.82) is 5.26 Å². The quantitative estimate of drug-likeness (QED) is 0.667. The summed E-state index contributed by atoms with van der Waals surface area (Å²) in [6.07, 6.45) is 4.66. The van der Waals surface area contributed by atoms with Gasteiger partial charge in [-0.3, -0.25) is 9.69 Å². The first-order chi connectivity index (χ1) is 7.77. The van der Waals surface area contributed by atoms with Crippen LogP contribution in [0.25, 0.3) is 6.08 Å². The van der Waals surface area contributed by atoms with Crippen molar-refractivity contribution >= 4 is 12.0 Å². The highest BCUT2D eigenvalue weighted by molar-refractivity contribution is 5.89. The Morgan fingerprint density at radius 3 is 2.94 bits per heavy atom. The Labute approximate surface area is 93.9 Å². The van der Waals surface area contributed by atoms with Gasteiger partial charge in [0.25, 0.3) is 5.91 Å². The van der Waals surface area contributed by atoms with Crippen LogP contribution in [0.2, 0.25) is 0 Å². The average Bonchev–Trinajstić information content (AvgIpc) is 2.36. The zero-order chi connectivity index (χ0) is 11.5. The van der Waals surface area contributed by atoms with Gasteiger partial charge >= 0.3 is 0 Å². The third-order valence-electron chi connectivity index (χ3n) is 2.53. The fourth-order valence-electron chi connectivity index (χ4n) is 1.75. The van der Waals surface area contributed by atoms with Gasteiger partial charge in [0.2, 0.25) is 0 Å². The molecule has 0 saturated heterocycles. The van der Waals surface area contributed by atoms with E-state index in [1.54, 1.807) is 6.20 Å². The van der Waals surface area contributed by atoms with Crippen LogP contribution < -0.4 is 0 Å². The minimum Gasteiger partial charge on any atom is -0.295 e. The molecular weight excluding hydrogens is 200 g/mol. The van der Waals surface area contributed by atoms with Gasteiger partial charge in [0, 0.05) is 6.20 Å². The van der Waals surface area contributed by atoms with Gasteiger partial charge in [-0.2, -0.15) is 5.26 Å². The van der Waals surface area contributed by atoms with Gasteiger partial charge in [-0.05, 0) is 23.3 Å². The van der Waals surface area contributed by atoms with Gasteiger partial charge in [-0.1, -0.05) is 30.8 Å². The van der Waals surface area contributed by atoms with E-state index in [1.165, 1.54) is 11.0 Å². The molecule has 1 aromatic carbocycles. The summed E-state index contributed by atoms with van der Waals surface area (Å²) >= 11 is 0. The largest absolute Gasteiger partial charge is 0.295 e. The molecule has 0 aliphatic carbocycles. The van der Waals surface area contributed by atoms with E-state index in [0.29, 0.717) is 0 Å². The number of carbonyl (C=O) groups is 1. The summed E-state index contributed by atoms with van der Waals surface area (Å²) < 4.78 is 0. The monoisotopic (exact) mass is 210 g/mol. The Morgan fingerprint density at radius 1 is 1.50 bits per heavy atom. The minimum atomic E-state index is -0.563. The van der Waals surface area contributed by atoms with Crippen molar-refractivity contribution in [3.63, 3.8) is 0 Å². The number of benzene rings is 1. The molecule has 1 aliphatic rings. The number of amides is 1. The minimum absolute atomic E-state index is 0.266. The van der Waals surface area contributed by atoms with Crippen molar-refractivity contribution in [3.05, 3.63) is 54.2 Å². The second-order valence-corrected chi connectivity index (χ2v) is 3.43. The lowest BCUT2D eigenvalue weighted by atomic mass is 9.97. The first-order valence-corrected chi connectivity index (χ1v) is 4.89. The van der Waals surface area contributed by atoms with E-state index in [9.17, 15) is 4.79 Å². The highest BCUT2D eigenvalue weighted by Crippen LogP contribution is 2.29. The highest BCUT2D eigenvalue weighted by atomic mass is 16.2. The Bertz CT molecular complexity index is 511. The van der Waals surface area contributed by atoms with Crippen molar-refractivity contribution in [2.45, 2.75) is 6.04 Å². The number of rotatable bonds is 1. The molecule has 3 nitrogen and oxygen atoms in total. The van der Waals surface area contributed by atoms with Crippen LogP contribution in [0, 0.1) is 11.3 Å². The topological polar surface area (TPSA) is 44.1 Å². The standard InChI is InChI=1S/C13H10N2O/c1-2-13(16)15-8-7-10-5-3-4-6-11(10)12(15)9-14/h2-8,12H,1H2/t12-/m1/s1. The molecule has 78 valence electrons. The van der Waals surface area contributed by atoms with Crippen LogP contribution in [0.15, 0.2) is 43.1 Å². The Morgan fingerprint density at radius 2 is 2.25 bits per heavy atom. The van der Waals surface area contributed by atoms with Gasteiger partial charge in [0.1, 0.15) is 6.04 Å². The van der Waals surface area contributed by atoms with E-state index in [0.717, 1.165) is 11.1 Å². The van der Waals surface area contributed by atoms with Crippen molar-refractivity contribution < 1.29 is 4.79 Å². The molecule has 1 atom stereocenters. The fourth-order valence-corrected chi connectivity index (χ4v) is 1.75. The Hall–Kier alpha value is -2.34. The molecule has 0 spiro atoms. The number of fused-ring (bicyclic) bond motifs is 1. The van der Waals surface area contributed by atoms with Crippen LogP contribution in [0.4, 0.5) is 0 Å². The molecule has 1 aliphatic heterocycles. The highest BCUT2D eigenvalue weighted by Gasteiger charge is 2.25. The molecular formula is C13H10N2O. The molecule has 0 bridgehead atoms. The van der Waals surface area contributed by atoms with Crippen molar-refractivity contribution in [2.24, 2.45) is 0 Å². The summed E-state index contributed by atoms with van der Waals surface area (Å²) in [6, 6.07) is 9.11. The van der Waals surface area contributed by atoms with Gasteiger partial charge in [0.05, 0.1) is 6.07 Å². The van der Waals surface area contributed by atoms with E-state index in [-0.39, 0.29) is 5.91 Å². The smallest absolute Gasteiger partial charge is 0.251 e. The molecule has 0 radical (unpaired) electrons. The molecule has 0 fully saturated rings. The first-order valence-electron chi connectivity index (χ1n) is 4.89. The SMILES string of the molecule is C=CC(=O)N1C=Cc2ccccc2[C@H]1C#N. The molecule has 1 heterocycles. The third kappa shape index (κ3) is 1.51. The normalized spacial score (nSPS) is 17.4. The van der Waals surface area contributed by atoms with Crippen LogP contribution in [0.3, 0.4) is 0 Å². The summed E-state index contributed by atoms with van der Waals surface area (Å²) in [5.41, 5.74) is 1.82. The van der Waals surface area contributed by atoms with Crippen molar-refractivity contribution in [1.82, 2.24) is 4.90 Å². The number of carbonyl (C=O) groups excluding carboxylic acids is 1. The van der Waals surface area contributed by atoms with E-state index in [4.69, 9.17) is 5.26 Å². The number of nitrogens with zero attached hydrogens (tertiary/aromatic N) is 2. The lowest BCUT2D eigenvalue weighted by molar-refractivity contribution is -0.124. The van der Waals surface area contributed by atoms with Gasteiger partial charge in [0.15, 0.2) is 0 Å². The summed E-state index contributed by atoms with van der Waals surface area (Å²) in [7, 11) is 0. The number of nitriles is 1. The van der Waals surface area contributed by atoms with Crippen LogP contribution >= 0.6 is 0 Å². The maximum atomic E-state index is 11.6. The molecule has 16 heavy (non-hydrogen) atoms. The molecule has 0 saturated carbocycles. The molecule has 2 rings (SSSR count). The second kappa shape index (κ2) is 4.03. The Kier molecular flexibility index (Phi) is 2.57. The third-order valence-corrected chi connectivity index (χ3v) is 2.53. The fraction of sp³-hybridized carbons (Fsp3) is 0.0769. The van der Waals surface area contributed by atoms with Crippen LogP contribution in [-0.2, 0) is 4.79 Å². The summed E-state index contributed by atoms with van der Waals surface area (Å²) in [4.78, 5) is 12.9. The second-order valence-electron chi connectivity index (χ2n) is 3.43. The predicted molar refractivity (Wildman–Crippen MR) is 60.9 cm³/mol. The van der Waals surface area contributed by atoms with Crippen molar-refractivity contribution in [3.8, 4) is 6.07 Å². The molecule has 1 amide bonds. The molecule has 1 aromatic rings. The first kappa shape index (κ1) is 10.2. The van der Waals surface area contributed by atoms with Crippen molar-refractivity contribution in [2.75, 3.05) is 0 Å². The Balaban J connectivity index is 2.49. The molecule has 3 heteroatoms. The van der Waals surface area contributed by atoms with E-state index >= 15 is 0 Å². The lowest BCUT2D eigenvalue weighted by Crippen LogP contribution is -2.30. The summed E-state index contributed by atoms with van der Waals surface area (Å²) in [6.45, 7) is 3.43. The van der Waals surface area contributed by atoms with Gasteiger partial charge in [-0.15, -0.1) is 0 Å². The molecule has 0 aromatic heterocycles. The predicted octanol–water partition coefficient (Wildman–Crippen LogP) is 2.25.